The van der Waals surface area contributed by atoms with E-state index < -0.39 is 34.2 Å². The predicted molar refractivity (Wildman–Crippen MR) is 105 cm³/mol. The third-order valence-electron chi connectivity index (χ3n) is 4.03. The van der Waals surface area contributed by atoms with E-state index in [1.54, 1.807) is 18.2 Å². The van der Waals surface area contributed by atoms with Gasteiger partial charge in [-0.25, -0.2) is 8.42 Å². The van der Waals surface area contributed by atoms with Crippen LogP contribution in [0.2, 0.25) is 0 Å². The summed E-state index contributed by atoms with van der Waals surface area (Å²) in [5.41, 5.74) is -0.987. The predicted octanol–water partition coefficient (Wildman–Crippen LogP) is 3.93. The van der Waals surface area contributed by atoms with E-state index in [1.807, 2.05) is 0 Å². The highest BCUT2D eigenvalue weighted by atomic mass is 32.2. The van der Waals surface area contributed by atoms with Crippen LogP contribution in [0.4, 0.5) is 24.5 Å². The number of benzene rings is 2. The van der Waals surface area contributed by atoms with Crippen LogP contribution in [0.5, 0.6) is 0 Å². The van der Waals surface area contributed by atoms with Gasteiger partial charge in [0.05, 0.1) is 28.0 Å². The van der Waals surface area contributed by atoms with E-state index in [1.165, 1.54) is 42.7 Å². The van der Waals surface area contributed by atoms with E-state index in [-0.39, 0.29) is 10.6 Å². The minimum Gasteiger partial charge on any atom is -0.323 e. The molecule has 1 amide bonds. The number of carbonyl (C=O) groups is 1. The van der Waals surface area contributed by atoms with Gasteiger partial charge in [-0.2, -0.15) is 13.2 Å². The third kappa shape index (κ3) is 4.95. The zero-order valence-corrected chi connectivity index (χ0v) is 16.2. The lowest BCUT2D eigenvalue weighted by Gasteiger charge is -2.25. The zero-order valence-electron chi connectivity index (χ0n) is 15.4. The maximum atomic E-state index is 13.1. The Bertz CT molecular complexity index is 1120. The Kier molecular flexibility index (Phi) is 6.06. The minimum atomic E-state index is -4.67. The summed E-state index contributed by atoms with van der Waals surface area (Å²) in [5.74, 6) is -0.736. The number of carbonyl (C=O) groups excluding carboxylic acids is 1. The van der Waals surface area contributed by atoms with E-state index in [4.69, 9.17) is 0 Å². The number of nitrogens with zero attached hydrogens (tertiary/aromatic N) is 2. The first-order valence-electron chi connectivity index (χ1n) is 8.63. The second kappa shape index (κ2) is 8.54. The molecule has 0 spiro atoms. The van der Waals surface area contributed by atoms with Crippen molar-refractivity contribution in [2.24, 2.45) is 0 Å². The standard InChI is InChI=1S/C20H16F3N3O3S/c21-20(22,23)15-6-4-8-17(12-15)26(30(28,29)18-9-2-1-3-10-18)14-19(27)25-16-7-5-11-24-13-16/h1-13H,14H2,(H,25,27). The first-order valence-corrected chi connectivity index (χ1v) is 10.1. The molecular formula is C20H16F3N3O3S. The lowest BCUT2D eigenvalue weighted by molar-refractivity contribution is -0.137. The first-order chi connectivity index (χ1) is 14.2. The molecule has 3 rings (SSSR count). The van der Waals surface area contributed by atoms with Crippen LogP contribution >= 0.6 is 0 Å². The number of pyridine rings is 1. The monoisotopic (exact) mass is 435 g/mol. The number of halogens is 3. The molecule has 0 aliphatic carbocycles. The molecule has 0 unspecified atom stereocenters. The van der Waals surface area contributed by atoms with Crippen molar-refractivity contribution in [3.05, 3.63) is 84.7 Å². The average Bonchev–Trinajstić information content (AvgIpc) is 2.73. The van der Waals surface area contributed by atoms with Crippen molar-refractivity contribution in [1.82, 2.24) is 4.98 Å². The van der Waals surface area contributed by atoms with Gasteiger partial charge >= 0.3 is 6.18 Å². The van der Waals surface area contributed by atoms with Crippen molar-refractivity contribution >= 4 is 27.3 Å². The van der Waals surface area contributed by atoms with E-state index in [9.17, 15) is 26.4 Å². The number of amides is 1. The fourth-order valence-electron chi connectivity index (χ4n) is 2.64. The number of rotatable bonds is 6. The molecule has 6 nitrogen and oxygen atoms in total. The van der Waals surface area contributed by atoms with Crippen LogP contribution in [0.15, 0.2) is 84.0 Å². The molecule has 0 saturated heterocycles. The van der Waals surface area contributed by atoms with Crippen LogP contribution in [-0.2, 0) is 21.0 Å². The molecule has 0 bridgehead atoms. The second-order valence-electron chi connectivity index (χ2n) is 6.16. The third-order valence-corrected chi connectivity index (χ3v) is 5.81. The van der Waals surface area contributed by atoms with Gasteiger partial charge in [0.2, 0.25) is 5.91 Å². The Morgan fingerprint density at radius 1 is 1.00 bits per heavy atom. The molecule has 0 atom stereocenters. The number of anilines is 2. The van der Waals surface area contributed by atoms with Crippen LogP contribution in [0.3, 0.4) is 0 Å². The molecule has 2 aromatic carbocycles. The first kappa shape index (κ1) is 21.3. The van der Waals surface area contributed by atoms with Gasteiger partial charge in [-0.1, -0.05) is 24.3 Å². The SMILES string of the molecule is O=C(CN(c1cccc(C(F)(F)F)c1)S(=O)(=O)c1ccccc1)Nc1cccnc1. The highest BCUT2D eigenvalue weighted by Gasteiger charge is 2.33. The van der Waals surface area contributed by atoms with E-state index in [2.05, 4.69) is 10.3 Å². The van der Waals surface area contributed by atoms with Crippen LogP contribution in [0.1, 0.15) is 5.56 Å². The number of sulfonamides is 1. The Balaban J connectivity index is 2.00. The van der Waals surface area contributed by atoms with Crippen molar-refractivity contribution in [3.63, 3.8) is 0 Å². The fourth-order valence-corrected chi connectivity index (χ4v) is 4.07. The summed E-state index contributed by atoms with van der Waals surface area (Å²) in [6.07, 6.45) is -1.82. The molecule has 156 valence electrons. The van der Waals surface area contributed by atoms with Crippen molar-refractivity contribution in [1.29, 1.82) is 0 Å². The maximum absolute atomic E-state index is 13.1. The molecule has 1 N–H and O–H groups in total. The molecule has 0 radical (unpaired) electrons. The fraction of sp³-hybridized carbons (Fsp3) is 0.100. The molecule has 0 aliphatic heterocycles. The van der Waals surface area contributed by atoms with Crippen LogP contribution in [-0.4, -0.2) is 25.9 Å². The summed E-state index contributed by atoms with van der Waals surface area (Å²) in [6, 6.07) is 14.1. The molecule has 1 aromatic heterocycles. The average molecular weight is 435 g/mol. The topological polar surface area (TPSA) is 79.4 Å². The quantitative estimate of drug-likeness (QED) is 0.636. The van der Waals surface area contributed by atoms with Crippen LogP contribution < -0.4 is 9.62 Å². The largest absolute Gasteiger partial charge is 0.416 e. The Hall–Kier alpha value is -3.40. The molecule has 0 fully saturated rings. The summed E-state index contributed by atoms with van der Waals surface area (Å²) in [5, 5.41) is 2.48. The molecule has 1 heterocycles. The number of alkyl halides is 3. The maximum Gasteiger partial charge on any atom is 0.416 e. The van der Waals surface area contributed by atoms with E-state index in [0.29, 0.717) is 16.1 Å². The highest BCUT2D eigenvalue weighted by Crippen LogP contribution is 2.33. The highest BCUT2D eigenvalue weighted by molar-refractivity contribution is 7.92. The summed E-state index contributed by atoms with van der Waals surface area (Å²) < 4.78 is 66.4. The van der Waals surface area contributed by atoms with Gasteiger partial charge in [0.15, 0.2) is 0 Å². The number of nitrogens with one attached hydrogen (secondary N) is 1. The molecule has 0 aliphatic rings. The molecule has 30 heavy (non-hydrogen) atoms. The Morgan fingerprint density at radius 3 is 2.37 bits per heavy atom. The summed E-state index contributed by atoms with van der Waals surface area (Å²) in [6.45, 7) is -0.729. The summed E-state index contributed by atoms with van der Waals surface area (Å²) in [4.78, 5) is 16.2. The van der Waals surface area contributed by atoms with Crippen molar-refractivity contribution in [3.8, 4) is 0 Å². The van der Waals surface area contributed by atoms with Gasteiger partial charge in [-0.05, 0) is 42.5 Å². The molecule has 0 saturated carbocycles. The van der Waals surface area contributed by atoms with E-state index >= 15 is 0 Å². The Labute approximate surface area is 171 Å². The normalized spacial score (nSPS) is 11.7. The molecular weight excluding hydrogens is 419 g/mol. The van der Waals surface area contributed by atoms with Gasteiger partial charge < -0.3 is 5.32 Å². The number of hydrogen-bond donors (Lipinski definition) is 1. The van der Waals surface area contributed by atoms with Gasteiger partial charge in [-0.15, -0.1) is 0 Å². The van der Waals surface area contributed by atoms with Crippen molar-refractivity contribution in [2.75, 3.05) is 16.2 Å². The number of hydrogen-bond acceptors (Lipinski definition) is 4. The van der Waals surface area contributed by atoms with Gasteiger partial charge in [0, 0.05) is 6.20 Å². The van der Waals surface area contributed by atoms with Crippen molar-refractivity contribution < 1.29 is 26.4 Å². The molecule has 10 heteroatoms. The molecule has 3 aromatic rings. The lowest BCUT2D eigenvalue weighted by atomic mass is 10.2. The second-order valence-corrected chi connectivity index (χ2v) is 8.03. The van der Waals surface area contributed by atoms with Crippen LogP contribution in [0.25, 0.3) is 0 Å². The Morgan fingerprint density at radius 2 is 1.73 bits per heavy atom. The van der Waals surface area contributed by atoms with Gasteiger partial charge in [-0.3, -0.25) is 14.1 Å². The van der Waals surface area contributed by atoms with Crippen molar-refractivity contribution in [2.45, 2.75) is 11.1 Å². The smallest absolute Gasteiger partial charge is 0.323 e. The minimum absolute atomic E-state index is 0.156. The van der Waals surface area contributed by atoms with Gasteiger partial charge in [0.1, 0.15) is 6.54 Å². The van der Waals surface area contributed by atoms with Crippen LogP contribution in [0, 0.1) is 0 Å². The summed E-state index contributed by atoms with van der Waals surface area (Å²) >= 11 is 0. The zero-order chi connectivity index (χ0) is 21.8. The van der Waals surface area contributed by atoms with Gasteiger partial charge in [0.25, 0.3) is 10.0 Å². The van der Waals surface area contributed by atoms with E-state index in [0.717, 1.165) is 12.1 Å². The number of aromatic nitrogens is 1. The lowest BCUT2D eigenvalue weighted by Crippen LogP contribution is -2.38. The summed E-state index contributed by atoms with van der Waals surface area (Å²) in [7, 11) is -4.31.